The third-order valence-electron chi connectivity index (χ3n) is 6.43. The van der Waals surface area contributed by atoms with Gasteiger partial charge in [-0.15, -0.1) is 0 Å². The summed E-state index contributed by atoms with van der Waals surface area (Å²) in [5, 5.41) is 8.06. The number of fused-ring (bicyclic) bond motifs is 1. The number of H-pyrrole nitrogens is 1. The Balaban J connectivity index is 1.38. The summed E-state index contributed by atoms with van der Waals surface area (Å²) in [5.41, 5.74) is 4.70. The Hall–Kier alpha value is -3.86. The number of carbonyl (C=O) groups excluding carboxylic acids is 1. The van der Waals surface area contributed by atoms with Crippen molar-refractivity contribution in [2.24, 2.45) is 10.5 Å². The van der Waals surface area contributed by atoms with E-state index in [4.69, 9.17) is 9.84 Å². The second-order valence-electron chi connectivity index (χ2n) is 8.95. The summed E-state index contributed by atoms with van der Waals surface area (Å²) in [6.45, 7) is 4.59. The number of para-hydroxylation sites is 2. The molecule has 5 rings (SSSR count). The molecule has 0 spiro atoms. The number of nitrogens with one attached hydrogen (secondary N) is 1. The highest BCUT2D eigenvalue weighted by Gasteiger charge is 2.45. The fourth-order valence-corrected chi connectivity index (χ4v) is 4.55. The van der Waals surface area contributed by atoms with Crippen molar-refractivity contribution in [1.29, 1.82) is 0 Å². The van der Waals surface area contributed by atoms with Crippen LogP contribution in [0.1, 0.15) is 25.0 Å². The number of aromatic amines is 1. The molecule has 0 saturated carbocycles. The molecule has 5 nitrogen and oxygen atoms in total. The summed E-state index contributed by atoms with van der Waals surface area (Å²) in [4.78, 5) is 16.0. The van der Waals surface area contributed by atoms with E-state index < -0.39 is 0 Å². The second kappa shape index (κ2) is 8.58. The zero-order valence-corrected chi connectivity index (χ0v) is 18.9. The Morgan fingerprint density at radius 3 is 2.39 bits per heavy atom. The summed E-state index contributed by atoms with van der Waals surface area (Å²) in [6, 6.07) is 28.1. The van der Waals surface area contributed by atoms with Crippen molar-refractivity contribution in [3.8, 4) is 0 Å². The van der Waals surface area contributed by atoms with Gasteiger partial charge in [0.05, 0.1) is 23.9 Å². The maximum atomic E-state index is 12.8. The van der Waals surface area contributed by atoms with Gasteiger partial charge in [-0.3, -0.25) is 9.80 Å². The molecule has 2 heterocycles. The van der Waals surface area contributed by atoms with Gasteiger partial charge in [-0.2, -0.15) is 5.10 Å². The molecule has 3 aromatic carbocycles. The smallest absolute Gasteiger partial charge is 0.310 e. The molecule has 1 unspecified atom stereocenters. The van der Waals surface area contributed by atoms with Gasteiger partial charge >= 0.3 is 5.97 Å². The lowest BCUT2D eigenvalue weighted by atomic mass is 9.78. The first-order valence-corrected chi connectivity index (χ1v) is 11.2. The van der Waals surface area contributed by atoms with Crippen molar-refractivity contribution in [2.75, 3.05) is 11.6 Å². The molecule has 0 aliphatic carbocycles. The van der Waals surface area contributed by atoms with Crippen LogP contribution in [-0.4, -0.2) is 29.3 Å². The summed E-state index contributed by atoms with van der Waals surface area (Å²) in [6.07, 6.45) is 2.12. The Labute approximate surface area is 193 Å². The van der Waals surface area contributed by atoms with E-state index in [1.54, 1.807) is 0 Å². The van der Waals surface area contributed by atoms with Gasteiger partial charge in [0.1, 0.15) is 6.61 Å². The number of hydrazone groups is 1. The molecule has 0 bridgehead atoms. The van der Waals surface area contributed by atoms with Gasteiger partial charge in [-0.1, -0.05) is 80.6 Å². The first kappa shape index (κ1) is 21.0. The lowest BCUT2D eigenvalue weighted by Crippen LogP contribution is -2.44. The summed E-state index contributed by atoms with van der Waals surface area (Å²) < 4.78 is 5.85. The number of hydrogen-bond donors (Lipinski definition) is 1. The lowest BCUT2D eigenvalue weighted by molar-refractivity contribution is -0.143. The number of carbonyl (C=O) groups is 1. The van der Waals surface area contributed by atoms with Gasteiger partial charge in [0.25, 0.3) is 0 Å². The number of benzene rings is 3. The molecule has 1 aliphatic rings. The highest BCUT2D eigenvalue weighted by molar-refractivity contribution is 6.07. The number of nitrogens with zero attached hydrogens (tertiary/aromatic N) is 2. The quantitative estimate of drug-likeness (QED) is 0.401. The van der Waals surface area contributed by atoms with Crippen molar-refractivity contribution in [3.63, 3.8) is 0 Å². The van der Waals surface area contributed by atoms with Crippen LogP contribution in [0.4, 0.5) is 5.69 Å². The first-order chi connectivity index (χ1) is 16.0. The SMILES string of the molecule is CC1(C)C(c2ccccc2)=NN(c2ccccc2)C1COC(=O)Cc1c[nH]c2ccccc12. The van der Waals surface area contributed by atoms with E-state index in [-0.39, 0.29) is 30.5 Å². The summed E-state index contributed by atoms with van der Waals surface area (Å²) in [7, 11) is 0. The highest BCUT2D eigenvalue weighted by atomic mass is 16.5. The van der Waals surface area contributed by atoms with Gasteiger partial charge < -0.3 is 9.72 Å². The number of hydrogen-bond acceptors (Lipinski definition) is 4. The number of anilines is 1. The van der Waals surface area contributed by atoms with E-state index >= 15 is 0 Å². The number of rotatable bonds is 6. The molecule has 1 N–H and O–H groups in total. The topological polar surface area (TPSA) is 57.7 Å². The van der Waals surface area contributed by atoms with Crippen LogP contribution in [0.15, 0.2) is 96.2 Å². The maximum Gasteiger partial charge on any atom is 0.310 e. The van der Waals surface area contributed by atoms with Crippen LogP contribution in [0.3, 0.4) is 0 Å². The highest BCUT2D eigenvalue weighted by Crippen LogP contribution is 2.39. The lowest BCUT2D eigenvalue weighted by Gasteiger charge is -2.32. The molecule has 166 valence electrons. The summed E-state index contributed by atoms with van der Waals surface area (Å²) >= 11 is 0. The van der Waals surface area contributed by atoms with E-state index in [1.807, 2.05) is 84.0 Å². The molecule has 0 saturated heterocycles. The molecule has 1 atom stereocenters. The Kier molecular flexibility index (Phi) is 5.47. The fraction of sp³-hybridized carbons (Fsp3) is 0.214. The number of ether oxygens (including phenoxy) is 1. The van der Waals surface area contributed by atoms with Gasteiger partial charge in [-0.25, -0.2) is 0 Å². The van der Waals surface area contributed by atoms with Gasteiger partial charge in [0, 0.05) is 22.5 Å². The minimum absolute atomic E-state index is 0.123. The van der Waals surface area contributed by atoms with Crippen molar-refractivity contribution in [2.45, 2.75) is 26.3 Å². The van der Waals surface area contributed by atoms with E-state index in [0.29, 0.717) is 0 Å². The number of aromatic nitrogens is 1. The van der Waals surface area contributed by atoms with Crippen LogP contribution < -0.4 is 5.01 Å². The minimum atomic E-state index is -0.321. The molecule has 0 amide bonds. The predicted molar refractivity (Wildman–Crippen MR) is 132 cm³/mol. The molecular weight excluding hydrogens is 410 g/mol. The Morgan fingerprint density at radius 1 is 0.970 bits per heavy atom. The largest absolute Gasteiger partial charge is 0.463 e. The maximum absolute atomic E-state index is 12.8. The van der Waals surface area contributed by atoms with Crippen LogP contribution in [-0.2, 0) is 16.0 Å². The van der Waals surface area contributed by atoms with E-state index in [2.05, 4.69) is 31.0 Å². The van der Waals surface area contributed by atoms with E-state index in [0.717, 1.165) is 33.4 Å². The molecule has 1 aromatic heterocycles. The van der Waals surface area contributed by atoms with Crippen molar-refractivity contribution in [1.82, 2.24) is 4.98 Å². The zero-order valence-electron chi connectivity index (χ0n) is 18.9. The van der Waals surface area contributed by atoms with Gasteiger partial charge in [0.2, 0.25) is 0 Å². The van der Waals surface area contributed by atoms with Crippen LogP contribution in [0.2, 0.25) is 0 Å². The van der Waals surface area contributed by atoms with Crippen LogP contribution >= 0.6 is 0 Å². The van der Waals surface area contributed by atoms with Crippen LogP contribution in [0.5, 0.6) is 0 Å². The van der Waals surface area contributed by atoms with Crippen molar-refractivity contribution >= 4 is 28.3 Å². The monoisotopic (exact) mass is 437 g/mol. The predicted octanol–water partition coefficient (Wildman–Crippen LogP) is 5.57. The normalized spacial score (nSPS) is 17.2. The molecule has 1 aliphatic heterocycles. The molecule has 0 radical (unpaired) electrons. The molecule has 5 heteroatoms. The Morgan fingerprint density at radius 2 is 1.64 bits per heavy atom. The van der Waals surface area contributed by atoms with Gasteiger partial charge in [0.15, 0.2) is 0 Å². The average molecular weight is 438 g/mol. The number of esters is 1. The first-order valence-electron chi connectivity index (χ1n) is 11.2. The van der Waals surface area contributed by atoms with Crippen LogP contribution in [0.25, 0.3) is 10.9 Å². The van der Waals surface area contributed by atoms with E-state index in [9.17, 15) is 4.79 Å². The standard InChI is InChI=1S/C28H27N3O2/c1-28(2)25(19-33-26(32)17-21-18-29-24-16-10-9-15-23(21)24)31(22-13-7-4-8-14-22)30-27(28)20-11-5-3-6-12-20/h3-16,18,25,29H,17,19H2,1-2H3. The van der Waals surface area contributed by atoms with Crippen LogP contribution in [0, 0.1) is 5.41 Å². The summed E-state index contributed by atoms with van der Waals surface area (Å²) in [5.74, 6) is -0.239. The second-order valence-corrected chi connectivity index (χ2v) is 8.95. The molecule has 0 fully saturated rings. The van der Waals surface area contributed by atoms with Gasteiger partial charge in [-0.05, 0) is 29.3 Å². The fourth-order valence-electron chi connectivity index (χ4n) is 4.55. The third-order valence-corrected chi connectivity index (χ3v) is 6.43. The van der Waals surface area contributed by atoms with E-state index in [1.165, 1.54) is 0 Å². The Bertz CT molecular complexity index is 1290. The average Bonchev–Trinajstić information content (AvgIpc) is 3.36. The molecule has 4 aromatic rings. The third kappa shape index (κ3) is 4.02. The molecule has 33 heavy (non-hydrogen) atoms. The minimum Gasteiger partial charge on any atom is -0.463 e. The van der Waals surface area contributed by atoms with Crippen molar-refractivity contribution in [3.05, 3.63) is 102 Å². The molecular formula is C28H27N3O2. The van der Waals surface area contributed by atoms with Crippen molar-refractivity contribution < 1.29 is 9.53 Å². The zero-order chi connectivity index (χ0) is 22.8.